The van der Waals surface area contributed by atoms with Crippen molar-refractivity contribution in [1.82, 2.24) is 9.71 Å². The van der Waals surface area contributed by atoms with Gasteiger partial charge in [-0.25, -0.2) is 35.7 Å². The summed E-state index contributed by atoms with van der Waals surface area (Å²) in [4.78, 5) is 16.1. The number of nitrogens with one attached hydrogen (secondary N) is 1. The second-order valence-corrected chi connectivity index (χ2v) is 9.56. The number of carbonyl (C=O) groups is 1. The summed E-state index contributed by atoms with van der Waals surface area (Å²) in [5.74, 6) is -5.81. The Kier molecular flexibility index (Phi) is 7.18. The topological polar surface area (TPSA) is 85.4 Å². The predicted octanol–water partition coefficient (Wildman–Crippen LogP) is 5.10. The molecule has 0 saturated carbocycles. The van der Waals surface area contributed by atoms with E-state index in [2.05, 4.69) is 4.98 Å². The number of halogens is 5. The van der Waals surface area contributed by atoms with E-state index >= 15 is 0 Å². The van der Waals surface area contributed by atoms with Crippen LogP contribution in [0.25, 0.3) is 11.1 Å². The molecule has 1 aromatic heterocycles. The zero-order chi connectivity index (χ0) is 25.4. The van der Waals surface area contributed by atoms with Gasteiger partial charge >= 0.3 is 0 Å². The highest BCUT2D eigenvalue weighted by Crippen LogP contribution is 2.33. The van der Waals surface area contributed by atoms with Crippen molar-refractivity contribution in [2.75, 3.05) is 6.26 Å². The number of carbonyl (C=O) groups excluding carboxylic acids is 1. The Morgan fingerprint density at radius 2 is 1.68 bits per heavy atom. The van der Waals surface area contributed by atoms with Crippen molar-refractivity contribution >= 4 is 27.5 Å². The van der Waals surface area contributed by atoms with Gasteiger partial charge in [0.05, 0.1) is 11.8 Å². The first-order valence-electron chi connectivity index (χ1n) is 9.56. The fourth-order valence-corrected chi connectivity index (χ4v) is 3.79. The lowest BCUT2D eigenvalue weighted by atomic mass is 9.99. The highest BCUT2D eigenvalue weighted by Gasteiger charge is 2.21. The summed E-state index contributed by atoms with van der Waals surface area (Å²) >= 11 is 6.21. The number of aromatic nitrogens is 1. The first-order chi connectivity index (χ1) is 15.8. The Bertz CT molecular complexity index is 1400. The normalized spacial score (nSPS) is 12.4. The number of ether oxygens (including phenoxy) is 1. The number of amides is 1. The smallest absolute Gasteiger partial charge is 0.267 e. The second-order valence-electron chi connectivity index (χ2n) is 7.41. The van der Waals surface area contributed by atoms with Gasteiger partial charge in [-0.15, -0.1) is 0 Å². The largest absolute Gasteiger partial charge is 0.469 e. The zero-order valence-electron chi connectivity index (χ0n) is 17.9. The van der Waals surface area contributed by atoms with E-state index in [0.717, 1.165) is 12.3 Å². The molecule has 180 valence electrons. The Hall–Kier alpha value is -3.18. The third kappa shape index (κ3) is 5.65. The van der Waals surface area contributed by atoms with Crippen molar-refractivity contribution in [3.05, 3.63) is 81.5 Å². The van der Waals surface area contributed by atoms with Crippen molar-refractivity contribution in [2.24, 2.45) is 0 Å². The minimum Gasteiger partial charge on any atom is -0.469 e. The van der Waals surface area contributed by atoms with Crippen LogP contribution in [-0.2, 0) is 10.0 Å². The lowest BCUT2D eigenvalue weighted by Gasteiger charge is -2.17. The Balaban J connectivity index is 1.88. The van der Waals surface area contributed by atoms with Crippen LogP contribution >= 0.6 is 11.6 Å². The number of hydrogen-bond donors (Lipinski definition) is 1. The summed E-state index contributed by atoms with van der Waals surface area (Å²) in [5.41, 5.74) is 0.364. The number of sulfonamides is 1. The van der Waals surface area contributed by atoms with E-state index in [9.17, 15) is 30.8 Å². The average Bonchev–Trinajstić information content (AvgIpc) is 2.72. The predicted molar refractivity (Wildman–Crippen MR) is 117 cm³/mol. The molecule has 0 fully saturated rings. The Morgan fingerprint density at radius 3 is 2.29 bits per heavy atom. The molecule has 1 amide bonds. The van der Waals surface area contributed by atoms with E-state index in [-0.39, 0.29) is 16.5 Å². The average molecular weight is 517 g/mol. The monoisotopic (exact) mass is 516 g/mol. The maximum absolute atomic E-state index is 14.6. The summed E-state index contributed by atoms with van der Waals surface area (Å²) in [5, 5.41) is -0.0361. The van der Waals surface area contributed by atoms with Gasteiger partial charge in [-0.05, 0) is 49.2 Å². The van der Waals surface area contributed by atoms with Gasteiger partial charge in [0.2, 0.25) is 15.9 Å². The molecule has 1 atom stereocenters. The maximum atomic E-state index is 14.6. The molecule has 34 heavy (non-hydrogen) atoms. The summed E-state index contributed by atoms with van der Waals surface area (Å²) in [6.45, 7) is 2.96. The van der Waals surface area contributed by atoms with E-state index in [1.54, 1.807) is 11.6 Å². The lowest BCUT2D eigenvalue weighted by Crippen LogP contribution is -2.30. The van der Waals surface area contributed by atoms with Crippen LogP contribution in [0.15, 0.2) is 36.5 Å². The molecule has 12 heteroatoms. The maximum Gasteiger partial charge on any atom is 0.267 e. The number of pyridine rings is 1. The molecule has 2 aromatic carbocycles. The molecule has 0 aliphatic heterocycles. The highest BCUT2D eigenvalue weighted by molar-refractivity contribution is 7.89. The number of aryl methyl sites for hydroxylation is 1. The molecule has 0 bridgehead atoms. The van der Waals surface area contributed by atoms with Gasteiger partial charge in [0.1, 0.15) is 22.8 Å². The van der Waals surface area contributed by atoms with E-state index in [0.29, 0.717) is 28.8 Å². The molecule has 1 heterocycles. The molecule has 3 aromatic rings. The van der Waals surface area contributed by atoms with E-state index in [1.165, 1.54) is 25.3 Å². The summed E-state index contributed by atoms with van der Waals surface area (Å²) in [6, 6.07) is 4.67. The van der Waals surface area contributed by atoms with Gasteiger partial charge < -0.3 is 4.74 Å². The van der Waals surface area contributed by atoms with Crippen LogP contribution < -0.4 is 9.46 Å². The number of hydrogen-bond acceptors (Lipinski definition) is 5. The van der Waals surface area contributed by atoms with E-state index in [1.807, 2.05) is 0 Å². The van der Waals surface area contributed by atoms with Crippen LogP contribution in [0.1, 0.15) is 34.5 Å². The molecule has 0 radical (unpaired) electrons. The van der Waals surface area contributed by atoms with Crippen LogP contribution in [0.3, 0.4) is 0 Å². The number of benzene rings is 2. The fraction of sp³-hybridized carbons (Fsp3) is 0.182. The van der Waals surface area contributed by atoms with Crippen molar-refractivity contribution < 1.29 is 35.5 Å². The minimum absolute atomic E-state index is 0.0361. The molecule has 3 rings (SSSR count). The van der Waals surface area contributed by atoms with Crippen LogP contribution in [0, 0.1) is 30.2 Å². The quantitative estimate of drug-likeness (QED) is 0.364. The van der Waals surface area contributed by atoms with Gasteiger partial charge in [-0.2, -0.15) is 0 Å². The minimum atomic E-state index is -3.88. The number of nitrogens with zero attached hydrogens (tertiary/aromatic N) is 1. The van der Waals surface area contributed by atoms with Crippen molar-refractivity contribution in [3.63, 3.8) is 0 Å². The molecule has 0 aliphatic rings. The lowest BCUT2D eigenvalue weighted by molar-refractivity contribution is 0.0977. The summed E-state index contributed by atoms with van der Waals surface area (Å²) in [6.07, 6.45) is 0.981. The van der Waals surface area contributed by atoms with Crippen LogP contribution in [-0.4, -0.2) is 25.6 Å². The van der Waals surface area contributed by atoms with Gasteiger partial charge in [0.15, 0.2) is 11.6 Å². The van der Waals surface area contributed by atoms with Gasteiger partial charge in [-0.1, -0.05) is 11.6 Å². The first-order valence-corrected chi connectivity index (χ1v) is 11.8. The summed E-state index contributed by atoms with van der Waals surface area (Å²) < 4.78 is 84.9. The van der Waals surface area contributed by atoms with Gasteiger partial charge in [0, 0.05) is 23.4 Å². The van der Waals surface area contributed by atoms with E-state index < -0.39 is 50.9 Å². The van der Waals surface area contributed by atoms with Crippen molar-refractivity contribution in [1.29, 1.82) is 0 Å². The molecule has 1 N–H and O–H groups in total. The third-order valence-electron chi connectivity index (χ3n) is 4.72. The second kappa shape index (κ2) is 9.59. The fourth-order valence-electron chi connectivity index (χ4n) is 3.13. The first kappa shape index (κ1) is 25.4. The van der Waals surface area contributed by atoms with E-state index in [4.69, 9.17) is 16.3 Å². The SMILES string of the molecule is Cc1cc(C(=O)NS(C)(=O)=O)c(F)cc1-c1cnc(O[C@H](C)c2cc(F)c(F)cc2F)c(Cl)c1. The molecule has 0 aliphatic carbocycles. The van der Waals surface area contributed by atoms with Crippen LogP contribution in [0.2, 0.25) is 5.02 Å². The molecular formula is C22H17ClF4N2O4S. The van der Waals surface area contributed by atoms with Gasteiger partial charge in [-0.3, -0.25) is 4.79 Å². The molecule has 0 unspecified atom stereocenters. The molecular weight excluding hydrogens is 500 g/mol. The Labute approximate surface area is 197 Å². The van der Waals surface area contributed by atoms with Gasteiger partial charge in [0.25, 0.3) is 5.91 Å². The summed E-state index contributed by atoms with van der Waals surface area (Å²) in [7, 11) is -3.88. The van der Waals surface area contributed by atoms with Crippen molar-refractivity contribution in [2.45, 2.75) is 20.0 Å². The van der Waals surface area contributed by atoms with Crippen molar-refractivity contribution in [3.8, 4) is 17.0 Å². The highest BCUT2D eigenvalue weighted by atomic mass is 35.5. The zero-order valence-corrected chi connectivity index (χ0v) is 19.5. The van der Waals surface area contributed by atoms with Crippen LogP contribution in [0.5, 0.6) is 5.88 Å². The number of rotatable bonds is 6. The Morgan fingerprint density at radius 1 is 1.03 bits per heavy atom. The third-order valence-corrected chi connectivity index (χ3v) is 5.55. The standard InChI is InChI=1S/C22H17ClF4N2O4S/c1-10-4-15(21(30)29-34(3,31)32)17(24)6-13(10)12-5-16(23)22(28-9-12)33-11(2)14-7-19(26)20(27)8-18(14)25/h4-9,11H,1-3H3,(H,29,30)/t11-/m1/s1. The van der Waals surface area contributed by atoms with Crippen LogP contribution in [0.4, 0.5) is 17.6 Å². The molecule has 0 spiro atoms. The molecule has 0 saturated heterocycles. The molecule has 6 nitrogen and oxygen atoms in total.